The zero-order valence-electron chi connectivity index (χ0n) is 8.50. The molecule has 0 spiro atoms. The van der Waals surface area contributed by atoms with Crippen LogP contribution in [0.25, 0.3) is 0 Å². The Morgan fingerprint density at radius 3 is 1.29 bits per heavy atom. The van der Waals surface area contributed by atoms with Crippen molar-refractivity contribution in [2.45, 2.75) is 0 Å². The third kappa shape index (κ3) is 6.06. The summed E-state index contributed by atoms with van der Waals surface area (Å²) in [5.74, 6) is 0. The van der Waals surface area contributed by atoms with Crippen LogP contribution in [0.5, 0.6) is 0 Å². The van der Waals surface area contributed by atoms with Gasteiger partial charge in [-0.1, -0.05) is 0 Å². The van der Waals surface area contributed by atoms with Crippen LogP contribution in [-0.4, -0.2) is 19.0 Å². The van der Waals surface area contributed by atoms with Crippen molar-refractivity contribution in [3.05, 3.63) is 63.8 Å². The molecule has 0 bridgehead atoms. The number of nitrogens with zero attached hydrogens (tertiary/aromatic N) is 1. The Hall–Kier alpha value is 0.479. The van der Waals surface area contributed by atoms with E-state index in [1.165, 1.54) is 6.04 Å². The first-order valence-electron chi connectivity index (χ1n) is 4.36. The van der Waals surface area contributed by atoms with Gasteiger partial charge in [-0.3, -0.25) is 0 Å². The van der Waals surface area contributed by atoms with Gasteiger partial charge in [0.25, 0.3) is 0 Å². The largest absolute Gasteiger partial charge is 2.00 e. The van der Waals surface area contributed by atoms with Crippen molar-refractivity contribution in [3.8, 4) is 0 Å². The monoisotopic (exact) mass is 229 g/mol. The quantitative estimate of drug-likeness (QED) is 0.621. The Labute approximate surface area is 100 Å². The van der Waals surface area contributed by atoms with Crippen LogP contribution < -0.4 is 0 Å². The molecule has 2 fully saturated rings. The molecule has 0 aromatic carbocycles. The van der Waals surface area contributed by atoms with Crippen LogP contribution in [0.4, 0.5) is 0 Å². The van der Waals surface area contributed by atoms with Crippen molar-refractivity contribution >= 4 is 0 Å². The molecule has 0 aromatic rings. The summed E-state index contributed by atoms with van der Waals surface area (Å²) in [7, 11) is 4.07. The van der Waals surface area contributed by atoms with Crippen molar-refractivity contribution in [1.82, 2.24) is 4.90 Å². The molecule has 0 saturated heterocycles. The van der Waals surface area contributed by atoms with Crippen LogP contribution in [0.2, 0.25) is 0 Å². The molecule has 0 aliphatic heterocycles. The van der Waals surface area contributed by atoms with Crippen molar-refractivity contribution in [1.29, 1.82) is 0 Å². The van der Waals surface area contributed by atoms with Gasteiger partial charge in [0.2, 0.25) is 0 Å². The summed E-state index contributed by atoms with van der Waals surface area (Å²) in [6.45, 7) is 0. The molecule has 2 saturated carbocycles. The van der Waals surface area contributed by atoms with E-state index in [1.807, 2.05) is 59.0 Å². The zero-order chi connectivity index (χ0) is 9.52. The van der Waals surface area contributed by atoms with Gasteiger partial charge in [-0.25, -0.2) is 0 Å². The van der Waals surface area contributed by atoms with Crippen LogP contribution in [0.15, 0.2) is 0 Å². The van der Waals surface area contributed by atoms with Gasteiger partial charge in [0.1, 0.15) is 0 Å². The summed E-state index contributed by atoms with van der Waals surface area (Å²) in [6, 6.07) is 1.27. The Morgan fingerprint density at radius 2 is 1.07 bits per heavy atom. The van der Waals surface area contributed by atoms with E-state index in [0.717, 1.165) is 0 Å². The second kappa shape index (κ2) is 8.76. The minimum Gasteiger partial charge on any atom is -0.301 e. The summed E-state index contributed by atoms with van der Waals surface area (Å²) < 4.78 is 0. The Balaban J connectivity index is 0.000000246. The molecule has 74 valence electrons. The molecule has 0 unspecified atom stereocenters. The third-order valence-corrected chi connectivity index (χ3v) is 1.72. The van der Waals surface area contributed by atoms with Gasteiger partial charge in [-0.15, -0.1) is 0 Å². The molecule has 2 rings (SSSR count). The summed E-state index contributed by atoms with van der Waals surface area (Å²) in [5.41, 5.74) is 0. The van der Waals surface area contributed by atoms with Gasteiger partial charge in [0.15, 0.2) is 0 Å². The van der Waals surface area contributed by atoms with Crippen LogP contribution in [0.1, 0.15) is 0 Å². The van der Waals surface area contributed by atoms with E-state index in [4.69, 9.17) is 0 Å². The summed E-state index contributed by atoms with van der Waals surface area (Å²) in [6.07, 6.45) is 18.2. The van der Waals surface area contributed by atoms with E-state index in [9.17, 15) is 0 Å². The van der Waals surface area contributed by atoms with Gasteiger partial charge in [0, 0.05) is 6.04 Å². The fourth-order valence-corrected chi connectivity index (χ4v) is 0.983. The Kier molecular flexibility index (Phi) is 9.06. The van der Waals surface area contributed by atoms with Gasteiger partial charge in [0.05, 0.1) is 0 Å². The number of hydrogen-bond acceptors (Lipinski definition) is 1. The van der Waals surface area contributed by atoms with Gasteiger partial charge in [-0.2, -0.15) is 0 Å². The number of rotatable bonds is 1. The molecule has 1 nitrogen and oxygen atoms in total. The standard InChI is InChI=1S/C7H10N.C5H5.Fe/c1-8(2)7-5-3-4-6-7;1-2-4-5-3-1;/h3-6H,1-2H3;1-5H;/q;;+2. The van der Waals surface area contributed by atoms with Crippen LogP contribution in [-0.2, 0) is 17.1 Å². The predicted octanol–water partition coefficient (Wildman–Crippen LogP) is 1.93. The molecule has 0 amide bonds. The predicted molar refractivity (Wildman–Crippen MR) is 55.6 cm³/mol. The molecule has 10 radical (unpaired) electrons. The maximum absolute atomic E-state index is 2.08. The third-order valence-electron chi connectivity index (χ3n) is 1.72. The molecule has 14 heavy (non-hydrogen) atoms. The fourth-order valence-electron chi connectivity index (χ4n) is 0.983. The van der Waals surface area contributed by atoms with E-state index in [0.29, 0.717) is 0 Å². The maximum atomic E-state index is 2.08. The van der Waals surface area contributed by atoms with E-state index < -0.39 is 0 Å². The summed E-state index contributed by atoms with van der Waals surface area (Å²) >= 11 is 0. The zero-order valence-corrected chi connectivity index (χ0v) is 9.60. The van der Waals surface area contributed by atoms with E-state index in [2.05, 4.69) is 17.7 Å². The van der Waals surface area contributed by atoms with Crippen molar-refractivity contribution in [2.24, 2.45) is 0 Å². The summed E-state index contributed by atoms with van der Waals surface area (Å²) in [5, 5.41) is 0. The Morgan fingerprint density at radius 1 is 0.714 bits per heavy atom. The molecular formula is C12H15FeN+2. The second-order valence-corrected chi connectivity index (χ2v) is 3.00. The van der Waals surface area contributed by atoms with E-state index in [-0.39, 0.29) is 17.1 Å². The SMILES string of the molecule is CN(C)[C]1[CH][CH][CH][CH]1.[CH]1[CH][CH][CH][CH]1.[Fe+2]. The van der Waals surface area contributed by atoms with Gasteiger partial charge < -0.3 is 4.90 Å². The van der Waals surface area contributed by atoms with Crippen LogP contribution in [0, 0.1) is 63.8 Å². The molecule has 2 aliphatic rings. The van der Waals surface area contributed by atoms with Crippen molar-refractivity contribution in [2.75, 3.05) is 14.1 Å². The summed E-state index contributed by atoms with van der Waals surface area (Å²) in [4.78, 5) is 2.08. The first kappa shape index (κ1) is 14.5. The molecule has 2 aliphatic carbocycles. The van der Waals surface area contributed by atoms with Crippen molar-refractivity contribution in [3.63, 3.8) is 0 Å². The van der Waals surface area contributed by atoms with E-state index >= 15 is 0 Å². The van der Waals surface area contributed by atoms with E-state index in [1.54, 1.807) is 0 Å². The molecule has 0 N–H and O–H groups in total. The van der Waals surface area contributed by atoms with Crippen LogP contribution >= 0.6 is 0 Å². The first-order valence-corrected chi connectivity index (χ1v) is 4.36. The minimum atomic E-state index is 0. The minimum absolute atomic E-state index is 0. The van der Waals surface area contributed by atoms with Gasteiger partial charge in [-0.05, 0) is 71.9 Å². The number of hydrogen-bond donors (Lipinski definition) is 0. The van der Waals surface area contributed by atoms with Crippen molar-refractivity contribution < 1.29 is 17.1 Å². The maximum Gasteiger partial charge on any atom is 2.00 e. The smallest absolute Gasteiger partial charge is 0.301 e. The molecule has 0 atom stereocenters. The topological polar surface area (TPSA) is 3.24 Å². The van der Waals surface area contributed by atoms with Gasteiger partial charge >= 0.3 is 17.1 Å². The second-order valence-electron chi connectivity index (χ2n) is 3.00. The average Bonchev–Trinajstić information content (AvgIpc) is 2.82. The molecule has 0 heterocycles. The average molecular weight is 229 g/mol. The van der Waals surface area contributed by atoms with Crippen LogP contribution in [0.3, 0.4) is 0 Å². The molecular weight excluding hydrogens is 214 g/mol. The Bertz CT molecular complexity index is 108. The normalized spacial score (nSPS) is 21.6. The molecule has 2 heteroatoms. The molecule has 0 aromatic heterocycles. The fraction of sp³-hybridized carbons (Fsp3) is 0.167. The first-order chi connectivity index (χ1) is 6.30.